The summed E-state index contributed by atoms with van der Waals surface area (Å²) in [5, 5.41) is 13.1. The van der Waals surface area contributed by atoms with Crippen molar-refractivity contribution in [3.05, 3.63) is 35.5 Å². The highest BCUT2D eigenvalue weighted by Crippen LogP contribution is 2.34. The summed E-state index contributed by atoms with van der Waals surface area (Å²) in [7, 11) is 1.62. The van der Waals surface area contributed by atoms with Crippen molar-refractivity contribution in [1.29, 1.82) is 0 Å². The second-order valence-electron chi connectivity index (χ2n) is 6.11. The van der Waals surface area contributed by atoms with Crippen LogP contribution >= 0.6 is 0 Å². The molecule has 0 radical (unpaired) electrons. The molecule has 5 nitrogen and oxygen atoms in total. The van der Waals surface area contributed by atoms with Crippen molar-refractivity contribution in [3.63, 3.8) is 0 Å². The number of fused-ring (bicyclic) bond motifs is 1. The van der Waals surface area contributed by atoms with Crippen LogP contribution < -0.4 is 10.1 Å². The lowest BCUT2D eigenvalue weighted by Gasteiger charge is -2.18. The Bertz CT molecular complexity index is 726. The number of aliphatic hydroxyl groups is 1. The van der Waals surface area contributed by atoms with Gasteiger partial charge in [0.15, 0.2) is 0 Å². The van der Waals surface area contributed by atoms with Crippen LogP contribution in [0.25, 0.3) is 10.9 Å². The number of carbonyl (C=O) groups is 1. The molecule has 1 saturated carbocycles. The fourth-order valence-corrected chi connectivity index (χ4v) is 2.91. The average Bonchev–Trinajstić information content (AvgIpc) is 3.38. The van der Waals surface area contributed by atoms with Gasteiger partial charge < -0.3 is 15.2 Å². The fourth-order valence-electron chi connectivity index (χ4n) is 2.91. The van der Waals surface area contributed by atoms with Crippen molar-refractivity contribution in [2.75, 3.05) is 13.7 Å². The number of pyridine rings is 1. The van der Waals surface area contributed by atoms with Crippen LogP contribution in [0.2, 0.25) is 0 Å². The molecular formula is C18H22N2O3. The first-order valence-corrected chi connectivity index (χ1v) is 7.99. The Morgan fingerprint density at radius 3 is 2.87 bits per heavy atom. The second kappa shape index (κ2) is 6.54. The Kier molecular flexibility index (Phi) is 4.48. The monoisotopic (exact) mass is 314 g/mol. The molecule has 0 aliphatic heterocycles. The predicted molar refractivity (Wildman–Crippen MR) is 88.7 cm³/mol. The number of rotatable bonds is 6. The van der Waals surface area contributed by atoms with Crippen LogP contribution in [-0.4, -0.2) is 35.8 Å². The first-order valence-electron chi connectivity index (χ1n) is 7.99. The number of aromatic nitrogens is 1. The summed E-state index contributed by atoms with van der Waals surface area (Å²) in [5.74, 6) is 1.14. The lowest BCUT2D eigenvalue weighted by atomic mass is 10.1. The number of hydrogen-bond acceptors (Lipinski definition) is 4. The fraction of sp³-hybridized carbons (Fsp3) is 0.444. The maximum Gasteiger partial charge on any atom is 0.253 e. The summed E-state index contributed by atoms with van der Waals surface area (Å²) >= 11 is 0. The van der Waals surface area contributed by atoms with Crippen molar-refractivity contribution < 1.29 is 14.6 Å². The maximum atomic E-state index is 12.6. The van der Waals surface area contributed by atoms with E-state index in [1.807, 2.05) is 31.2 Å². The zero-order chi connectivity index (χ0) is 16.4. The first kappa shape index (κ1) is 15.7. The van der Waals surface area contributed by atoms with E-state index in [2.05, 4.69) is 10.3 Å². The molecule has 0 bridgehead atoms. The van der Waals surface area contributed by atoms with Gasteiger partial charge in [-0.1, -0.05) is 0 Å². The third kappa shape index (κ3) is 3.45. The van der Waals surface area contributed by atoms with E-state index in [1.165, 1.54) is 0 Å². The molecule has 1 aromatic carbocycles. The minimum atomic E-state index is -0.113. The summed E-state index contributed by atoms with van der Waals surface area (Å²) in [5.41, 5.74) is 2.10. The molecule has 0 spiro atoms. The molecule has 1 aliphatic carbocycles. The third-order valence-electron chi connectivity index (χ3n) is 4.41. The summed E-state index contributed by atoms with van der Waals surface area (Å²) in [6, 6.07) is 7.56. The van der Waals surface area contributed by atoms with E-state index in [0.717, 1.165) is 29.5 Å². The number of aryl methyl sites for hydroxylation is 1. The lowest BCUT2D eigenvalue weighted by molar-refractivity contribution is 0.0923. The number of ether oxygens (including phenoxy) is 1. The van der Waals surface area contributed by atoms with Crippen LogP contribution in [0.3, 0.4) is 0 Å². The van der Waals surface area contributed by atoms with Crippen molar-refractivity contribution in [2.24, 2.45) is 5.92 Å². The molecule has 3 rings (SSSR count). The number of methoxy groups -OCH3 is 1. The van der Waals surface area contributed by atoms with Crippen LogP contribution in [-0.2, 0) is 0 Å². The van der Waals surface area contributed by atoms with Crippen molar-refractivity contribution >= 4 is 16.8 Å². The molecule has 5 heteroatoms. The minimum Gasteiger partial charge on any atom is -0.497 e. The molecule has 1 aromatic heterocycles. The van der Waals surface area contributed by atoms with Gasteiger partial charge in [0.2, 0.25) is 0 Å². The smallest absolute Gasteiger partial charge is 0.253 e. The van der Waals surface area contributed by atoms with E-state index in [4.69, 9.17) is 9.84 Å². The van der Waals surface area contributed by atoms with E-state index in [-0.39, 0.29) is 18.6 Å². The van der Waals surface area contributed by atoms with Crippen LogP contribution in [0.1, 0.15) is 35.3 Å². The van der Waals surface area contributed by atoms with Gasteiger partial charge >= 0.3 is 0 Å². The molecule has 1 atom stereocenters. The average molecular weight is 314 g/mol. The third-order valence-corrected chi connectivity index (χ3v) is 4.41. The number of carbonyl (C=O) groups excluding carboxylic acids is 1. The number of nitrogens with zero attached hydrogens (tertiary/aromatic N) is 1. The minimum absolute atomic E-state index is 0.0541. The van der Waals surface area contributed by atoms with Gasteiger partial charge in [-0.3, -0.25) is 9.78 Å². The topological polar surface area (TPSA) is 71.5 Å². The van der Waals surface area contributed by atoms with Gasteiger partial charge in [0, 0.05) is 24.1 Å². The number of benzene rings is 1. The molecule has 1 heterocycles. The van der Waals surface area contributed by atoms with E-state index >= 15 is 0 Å². The van der Waals surface area contributed by atoms with Crippen LogP contribution in [0, 0.1) is 12.8 Å². The molecule has 2 aromatic rings. The Hall–Kier alpha value is -2.14. The van der Waals surface area contributed by atoms with Gasteiger partial charge in [0.25, 0.3) is 5.91 Å². The Morgan fingerprint density at radius 2 is 2.22 bits per heavy atom. The maximum absolute atomic E-state index is 12.6. The Labute approximate surface area is 135 Å². The number of amides is 1. The van der Waals surface area contributed by atoms with E-state index in [0.29, 0.717) is 23.6 Å². The van der Waals surface area contributed by atoms with Gasteiger partial charge in [-0.15, -0.1) is 0 Å². The van der Waals surface area contributed by atoms with Gasteiger partial charge in [-0.25, -0.2) is 0 Å². The highest BCUT2D eigenvalue weighted by atomic mass is 16.5. The second-order valence-corrected chi connectivity index (χ2v) is 6.11. The standard InChI is InChI=1S/C18H22N2O3/c1-11-15(18(22)20-16(7-8-21)12-3-4-12)9-13-5-6-14(23-2)10-17(13)19-11/h5-6,9-10,12,16,21H,3-4,7-8H2,1-2H3,(H,20,22). The summed E-state index contributed by atoms with van der Waals surface area (Å²) in [6.07, 6.45) is 2.85. The summed E-state index contributed by atoms with van der Waals surface area (Å²) in [6.45, 7) is 1.93. The predicted octanol–water partition coefficient (Wildman–Crippen LogP) is 2.44. The quantitative estimate of drug-likeness (QED) is 0.859. The molecule has 1 amide bonds. The molecule has 23 heavy (non-hydrogen) atoms. The van der Waals surface area contributed by atoms with Gasteiger partial charge in [0.05, 0.1) is 23.9 Å². The molecule has 0 saturated heterocycles. The zero-order valence-electron chi connectivity index (χ0n) is 13.5. The highest BCUT2D eigenvalue weighted by molar-refractivity contribution is 5.99. The Balaban J connectivity index is 1.86. The largest absolute Gasteiger partial charge is 0.497 e. The van der Waals surface area contributed by atoms with Crippen molar-refractivity contribution in [1.82, 2.24) is 10.3 Å². The van der Waals surface area contributed by atoms with Crippen LogP contribution in [0.4, 0.5) is 0 Å². The van der Waals surface area contributed by atoms with Crippen molar-refractivity contribution in [3.8, 4) is 5.75 Å². The first-order chi connectivity index (χ1) is 11.1. The van der Waals surface area contributed by atoms with E-state index < -0.39 is 0 Å². The summed E-state index contributed by atoms with van der Waals surface area (Å²) < 4.78 is 5.21. The molecule has 1 fully saturated rings. The van der Waals surface area contributed by atoms with Crippen LogP contribution in [0.15, 0.2) is 24.3 Å². The molecule has 1 aliphatic rings. The zero-order valence-corrected chi connectivity index (χ0v) is 13.5. The molecule has 1 unspecified atom stereocenters. The van der Waals surface area contributed by atoms with Crippen molar-refractivity contribution in [2.45, 2.75) is 32.2 Å². The Morgan fingerprint density at radius 1 is 1.43 bits per heavy atom. The molecular weight excluding hydrogens is 292 g/mol. The van der Waals surface area contributed by atoms with Gasteiger partial charge in [0.1, 0.15) is 5.75 Å². The SMILES string of the molecule is COc1ccc2cc(C(=O)NC(CCO)C3CC3)c(C)nc2c1. The number of hydrogen-bond donors (Lipinski definition) is 2. The lowest BCUT2D eigenvalue weighted by Crippen LogP contribution is -2.37. The number of aliphatic hydroxyl groups excluding tert-OH is 1. The van der Waals surface area contributed by atoms with Gasteiger partial charge in [-0.05, 0) is 50.3 Å². The number of nitrogens with one attached hydrogen (secondary N) is 1. The molecule has 122 valence electrons. The van der Waals surface area contributed by atoms with Crippen LogP contribution in [0.5, 0.6) is 5.75 Å². The van der Waals surface area contributed by atoms with E-state index in [1.54, 1.807) is 7.11 Å². The summed E-state index contributed by atoms with van der Waals surface area (Å²) in [4.78, 5) is 17.1. The van der Waals surface area contributed by atoms with E-state index in [9.17, 15) is 4.79 Å². The normalized spacial score (nSPS) is 15.4. The van der Waals surface area contributed by atoms with Gasteiger partial charge in [-0.2, -0.15) is 0 Å². The highest BCUT2D eigenvalue weighted by Gasteiger charge is 2.32. The molecule has 2 N–H and O–H groups in total.